The zero-order chi connectivity index (χ0) is 12.5. The van der Waals surface area contributed by atoms with Crippen molar-refractivity contribution in [3.05, 3.63) is 16.4 Å². The maximum absolute atomic E-state index is 6.28. The van der Waals surface area contributed by atoms with Gasteiger partial charge in [0.2, 0.25) is 0 Å². The Morgan fingerprint density at radius 3 is 2.38 bits per heavy atom. The SMILES string of the molecule is Cc1nn(C)c(CC(C)(CBr)C(C)C)c1Cl. The molecule has 0 aliphatic carbocycles. The molecule has 4 heteroatoms. The highest BCUT2D eigenvalue weighted by molar-refractivity contribution is 9.09. The third-order valence-corrected chi connectivity index (χ3v) is 5.30. The van der Waals surface area contributed by atoms with Crippen LogP contribution in [-0.4, -0.2) is 15.1 Å². The third kappa shape index (κ3) is 2.62. The van der Waals surface area contributed by atoms with E-state index in [1.807, 2.05) is 18.7 Å². The van der Waals surface area contributed by atoms with Crippen molar-refractivity contribution in [3.63, 3.8) is 0 Å². The molecule has 1 aromatic heterocycles. The first-order valence-corrected chi connectivity index (χ1v) is 7.05. The van der Waals surface area contributed by atoms with E-state index in [9.17, 15) is 0 Å². The summed E-state index contributed by atoms with van der Waals surface area (Å²) in [7, 11) is 1.96. The van der Waals surface area contributed by atoms with Crippen LogP contribution in [0.1, 0.15) is 32.2 Å². The van der Waals surface area contributed by atoms with Crippen LogP contribution in [0.5, 0.6) is 0 Å². The molecule has 0 N–H and O–H groups in total. The molecule has 0 spiro atoms. The van der Waals surface area contributed by atoms with E-state index >= 15 is 0 Å². The van der Waals surface area contributed by atoms with E-state index in [1.165, 1.54) is 0 Å². The van der Waals surface area contributed by atoms with Crippen LogP contribution in [0, 0.1) is 18.3 Å². The number of hydrogen-bond donors (Lipinski definition) is 0. The summed E-state index contributed by atoms with van der Waals surface area (Å²) >= 11 is 9.90. The Kier molecular flexibility index (Phi) is 4.47. The van der Waals surface area contributed by atoms with Crippen molar-refractivity contribution in [2.24, 2.45) is 18.4 Å². The van der Waals surface area contributed by atoms with Crippen molar-refractivity contribution in [2.45, 2.75) is 34.1 Å². The molecule has 92 valence electrons. The zero-order valence-electron chi connectivity index (χ0n) is 10.6. The number of rotatable bonds is 4. The molecule has 0 fully saturated rings. The van der Waals surface area contributed by atoms with Crippen molar-refractivity contribution in [2.75, 3.05) is 5.33 Å². The highest BCUT2D eigenvalue weighted by atomic mass is 79.9. The van der Waals surface area contributed by atoms with E-state index < -0.39 is 0 Å². The quantitative estimate of drug-likeness (QED) is 0.769. The van der Waals surface area contributed by atoms with Gasteiger partial charge in [-0.2, -0.15) is 5.10 Å². The molecule has 0 aliphatic heterocycles. The second-order valence-corrected chi connectivity index (χ2v) is 6.03. The topological polar surface area (TPSA) is 17.8 Å². The first-order chi connectivity index (χ1) is 7.31. The summed E-state index contributed by atoms with van der Waals surface area (Å²) in [6.45, 7) is 8.73. The van der Waals surface area contributed by atoms with Crippen molar-refractivity contribution in [1.82, 2.24) is 9.78 Å². The summed E-state index contributed by atoms with van der Waals surface area (Å²) in [6, 6.07) is 0. The molecular weight excluding hydrogens is 288 g/mol. The normalized spacial score (nSPS) is 15.5. The van der Waals surface area contributed by atoms with Crippen LogP contribution in [0.2, 0.25) is 5.02 Å². The number of aryl methyl sites for hydroxylation is 2. The van der Waals surface area contributed by atoms with Crippen LogP contribution in [-0.2, 0) is 13.5 Å². The first-order valence-electron chi connectivity index (χ1n) is 5.55. The van der Waals surface area contributed by atoms with E-state index in [1.54, 1.807) is 0 Å². The van der Waals surface area contributed by atoms with Crippen molar-refractivity contribution < 1.29 is 0 Å². The average Bonchev–Trinajstić information content (AvgIpc) is 2.44. The maximum Gasteiger partial charge on any atom is 0.0847 e. The predicted octanol–water partition coefficient (Wildman–Crippen LogP) is 3.98. The monoisotopic (exact) mass is 306 g/mol. The van der Waals surface area contributed by atoms with Crippen molar-refractivity contribution >= 4 is 27.5 Å². The zero-order valence-corrected chi connectivity index (χ0v) is 13.0. The van der Waals surface area contributed by atoms with E-state index in [-0.39, 0.29) is 5.41 Å². The minimum absolute atomic E-state index is 0.212. The van der Waals surface area contributed by atoms with Gasteiger partial charge < -0.3 is 0 Å². The largest absolute Gasteiger partial charge is 0.271 e. The Balaban J connectivity index is 3.03. The lowest BCUT2D eigenvalue weighted by Gasteiger charge is -2.32. The Labute approximate surface area is 111 Å². The van der Waals surface area contributed by atoms with Crippen LogP contribution >= 0.6 is 27.5 Å². The smallest absolute Gasteiger partial charge is 0.0847 e. The summed E-state index contributed by atoms with van der Waals surface area (Å²) in [4.78, 5) is 0. The van der Waals surface area contributed by atoms with Gasteiger partial charge in [-0.15, -0.1) is 0 Å². The van der Waals surface area contributed by atoms with E-state index in [0.717, 1.165) is 28.2 Å². The second-order valence-electron chi connectivity index (χ2n) is 5.09. The van der Waals surface area contributed by atoms with Gasteiger partial charge in [0.1, 0.15) is 0 Å². The number of alkyl halides is 1. The molecule has 0 saturated carbocycles. The molecule has 1 aromatic rings. The molecule has 0 amide bonds. The summed E-state index contributed by atoms with van der Waals surface area (Å²) in [5.74, 6) is 0.596. The molecular formula is C12H20BrClN2. The van der Waals surface area contributed by atoms with Gasteiger partial charge in [0.15, 0.2) is 0 Å². The van der Waals surface area contributed by atoms with E-state index in [2.05, 4.69) is 41.8 Å². The first kappa shape index (κ1) is 14.0. The maximum atomic E-state index is 6.28. The average molecular weight is 308 g/mol. The Morgan fingerprint density at radius 2 is 2.06 bits per heavy atom. The Bertz CT molecular complexity index is 373. The van der Waals surface area contributed by atoms with Crippen LogP contribution in [0.3, 0.4) is 0 Å². The fourth-order valence-electron chi connectivity index (χ4n) is 1.66. The number of hydrogen-bond acceptors (Lipinski definition) is 1. The molecule has 1 unspecified atom stereocenters. The second kappa shape index (κ2) is 5.09. The molecule has 0 radical (unpaired) electrons. The summed E-state index contributed by atoms with van der Waals surface area (Å²) in [5.41, 5.74) is 2.26. The molecule has 0 aliphatic rings. The number of nitrogens with zero attached hydrogens (tertiary/aromatic N) is 2. The van der Waals surface area contributed by atoms with Crippen LogP contribution in [0.25, 0.3) is 0 Å². The third-order valence-electron chi connectivity index (χ3n) is 3.53. The van der Waals surface area contributed by atoms with Crippen LogP contribution < -0.4 is 0 Å². The Hall–Kier alpha value is -0.0200. The highest BCUT2D eigenvalue weighted by Crippen LogP contribution is 2.35. The van der Waals surface area contributed by atoms with Crippen LogP contribution in [0.4, 0.5) is 0 Å². The molecule has 16 heavy (non-hydrogen) atoms. The molecule has 1 rings (SSSR count). The van der Waals surface area contributed by atoms with E-state index in [4.69, 9.17) is 11.6 Å². The summed E-state index contributed by atoms with van der Waals surface area (Å²) in [5, 5.41) is 6.14. The minimum Gasteiger partial charge on any atom is -0.271 e. The fourth-order valence-corrected chi connectivity index (χ4v) is 2.73. The predicted molar refractivity (Wildman–Crippen MR) is 73.4 cm³/mol. The van der Waals surface area contributed by atoms with Gasteiger partial charge in [0, 0.05) is 12.4 Å². The van der Waals surface area contributed by atoms with Gasteiger partial charge in [-0.05, 0) is 24.7 Å². The van der Waals surface area contributed by atoms with Gasteiger partial charge in [-0.25, -0.2) is 0 Å². The van der Waals surface area contributed by atoms with Gasteiger partial charge >= 0.3 is 0 Å². The lowest BCUT2D eigenvalue weighted by atomic mass is 9.77. The lowest BCUT2D eigenvalue weighted by Crippen LogP contribution is -2.29. The van der Waals surface area contributed by atoms with Crippen LogP contribution in [0.15, 0.2) is 0 Å². The van der Waals surface area contributed by atoms with Crippen molar-refractivity contribution in [3.8, 4) is 0 Å². The molecule has 0 saturated heterocycles. The van der Waals surface area contributed by atoms with Gasteiger partial charge in [-0.3, -0.25) is 4.68 Å². The number of aromatic nitrogens is 2. The van der Waals surface area contributed by atoms with Gasteiger partial charge in [-0.1, -0.05) is 48.3 Å². The molecule has 0 bridgehead atoms. The molecule has 1 heterocycles. The molecule has 0 aromatic carbocycles. The molecule has 2 nitrogen and oxygen atoms in total. The Morgan fingerprint density at radius 1 is 1.50 bits per heavy atom. The van der Waals surface area contributed by atoms with Crippen molar-refractivity contribution in [1.29, 1.82) is 0 Å². The number of halogens is 2. The van der Waals surface area contributed by atoms with Gasteiger partial charge in [0.05, 0.1) is 16.4 Å². The fraction of sp³-hybridized carbons (Fsp3) is 0.750. The lowest BCUT2D eigenvalue weighted by molar-refractivity contribution is 0.252. The summed E-state index contributed by atoms with van der Waals surface area (Å²) < 4.78 is 1.90. The summed E-state index contributed by atoms with van der Waals surface area (Å²) in [6.07, 6.45) is 0.950. The highest BCUT2D eigenvalue weighted by Gasteiger charge is 2.30. The standard InChI is InChI=1S/C12H20BrClN2/c1-8(2)12(4,7-13)6-10-11(14)9(3)15-16(10)5/h8H,6-7H2,1-5H3. The van der Waals surface area contributed by atoms with E-state index in [0.29, 0.717) is 5.92 Å². The minimum atomic E-state index is 0.212. The van der Waals surface area contributed by atoms with Gasteiger partial charge in [0.25, 0.3) is 0 Å². The molecule has 1 atom stereocenters.